The van der Waals surface area contributed by atoms with Crippen molar-refractivity contribution in [3.05, 3.63) is 29.3 Å². The maximum absolute atomic E-state index is 13.1. The first kappa shape index (κ1) is 23.8. The summed E-state index contributed by atoms with van der Waals surface area (Å²) in [6, 6.07) is 4.00. The van der Waals surface area contributed by atoms with Gasteiger partial charge in [0.25, 0.3) is 0 Å². The molecule has 0 amide bonds. The van der Waals surface area contributed by atoms with E-state index < -0.39 is 11.7 Å². The molecule has 1 heterocycles. The predicted molar refractivity (Wildman–Crippen MR) is 115 cm³/mol. The van der Waals surface area contributed by atoms with Crippen molar-refractivity contribution in [1.29, 1.82) is 0 Å². The number of aliphatic imine (C=N–C) groups is 1. The van der Waals surface area contributed by atoms with Crippen LogP contribution in [0.5, 0.6) is 0 Å². The highest BCUT2D eigenvalue weighted by Crippen LogP contribution is 2.33. The van der Waals surface area contributed by atoms with Gasteiger partial charge in [0.05, 0.1) is 5.56 Å². The number of alkyl halides is 3. The van der Waals surface area contributed by atoms with Crippen LogP contribution in [0.1, 0.15) is 24.5 Å². The summed E-state index contributed by atoms with van der Waals surface area (Å²) in [7, 11) is 3.70. The van der Waals surface area contributed by atoms with Gasteiger partial charge in [0.15, 0.2) is 5.96 Å². The number of anilines is 1. The number of hydrogen-bond acceptors (Lipinski definition) is 3. The van der Waals surface area contributed by atoms with Gasteiger partial charge in [0.2, 0.25) is 0 Å². The summed E-state index contributed by atoms with van der Waals surface area (Å²) in [5, 5.41) is 6.26. The summed E-state index contributed by atoms with van der Waals surface area (Å²) in [4.78, 5) is 8.49. The number of guanidine groups is 1. The van der Waals surface area contributed by atoms with Gasteiger partial charge in [-0.25, -0.2) is 0 Å². The van der Waals surface area contributed by atoms with Crippen molar-refractivity contribution in [2.45, 2.75) is 26.1 Å². The van der Waals surface area contributed by atoms with Crippen LogP contribution in [-0.2, 0) is 12.7 Å². The van der Waals surface area contributed by atoms with Crippen molar-refractivity contribution in [2.24, 2.45) is 4.99 Å². The molecule has 27 heavy (non-hydrogen) atoms. The van der Waals surface area contributed by atoms with Gasteiger partial charge in [-0.2, -0.15) is 13.2 Å². The number of benzene rings is 1. The number of nitrogens with zero attached hydrogens (tertiary/aromatic N) is 3. The molecule has 0 radical (unpaired) electrons. The van der Waals surface area contributed by atoms with Crippen molar-refractivity contribution >= 4 is 35.6 Å². The second-order valence-corrected chi connectivity index (χ2v) is 6.48. The lowest BCUT2D eigenvalue weighted by molar-refractivity contribution is -0.137. The molecule has 5 nitrogen and oxygen atoms in total. The van der Waals surface area contributed by atoms with Gasteiger partial charge in [-0.15, -0.1) is 24.0 Å². The summed E-state index contributed by atoms with van der Waals surface area (Å²) < 4.78 is 39.4. The van der Waals surface area contributed by atoms with Crippen molar-refractivity contribution in [1.82, 2.24) is 15.5 Å². The van der Waals surface area contributed by atoms with Gasteiger partial charge in [0.1, 0.15) is 0 Å². The van der Waals surface area contributed by atoms with Crippen LogP contribution < -0.4 is 15.5 Å². The molecule has 9 heteroatoms. The van der Waals surface area contributed by atoms with E-state index in [-0.39, 0.29) is 30.5 Å². The lowest BCUT2D eigenvalue weighted by Gasteiger charge is -2.35. The molecule has 1 aliphatic rings. The monoisotopic (exact) mass is 499 g/mol. The Balaban J connectivity index is 0.00000364. The first-order chi connectivity index (χ1) is 12.3. The topological polar surface area (TPSA) is 42.9 Å². The molecule has 2 N–H and O–H groups in total. The van der Waals surface area contributed by atoms with Crippen LogP contribution in [0.15, 0.2) is 23.2 Å². The first-order valence-corrected chi connectivity index (χ1v) is 8.93. The van der Waals surface area contributed by atoms with E-state index in [1.54, 1.807) is 13.1 Å². The van der Waals surface area contributed by atoms with E-state index >= 15 is 0 Å². The van der Waals surface area contributed by atoms with E-state index in [1.807, 2.05) is 6.92 Å². The fourth-order valence-electron chi connectivity index (χ4n) is 2.90. The van der Waals surface area contributed by atoms with E-state index in [0.29, 0.717) is 11.5 Å². The van der Waals surface area contributed by atoms with Crippen LogP contribution in [0, 0.1) is 0 Å². The van der Waals surface area contributed by atoms with Crippen LogP contribution in [-0.4, -0.2) is 57.7 Å². The molecular formula is C18H29F3IN5. The Bertz CT molecular complexity index is 614. The zero-order valence-electron chi connectivity index (χ0n) is 16.1. The number of piperazine rings is 1. The highest BCUT2D eigenvalue weighted by atomic mass is 127. The van der Waals surface area contributed by atoms with E-state index in [0.717, 1.165) is 44.8 Å². The average Bonchev–Trinajstić information content (AvgIpc) is 2.62. The Labute approximate surface area is 176 Å². The highest BCUT2D eigenvalue weighted by molar-refractivity contribution is 14.0. The number of hydrogen-bond donors (Lipinski definition) is 2. The van der Waals surface area contributed by atoms with E-state index in [2.05, 4.69) is 32.5 Å². The smallest absolute Gasteiger partial charge is 0.369 e. The molecule has 1 aromatic rings. The van der Waals surface area contributed by atoms with Gasteiger partial charge in [0, 0.05) is 52.0 Å². The molecule has 2 rings (SSSR count). The SMILES string of the molecule is CCCNC(=NC)NCc1cc(C(F)(F)F)ccc1N1CCN(C)CC1.I. The van der Waals surface area contributed by atoms with Gasteiger partial charge < -0.3 is 20.4 Å². The van der Waals surface area contributed by atoms with Gasteiger partial charge in [-0.05, 0) is 37.2 Å². The maximum Gasteiger partial charge on any atom is 0.416 e. The molecule has 1 fully saturated rings. The van der Waals surface area contributed by atoms with Gasteiger partial charge in [-0.1, -0.05) is 6.92 Å². The number of rotatable bonds is 5. The molecule has 0 unspecified atom stereocenters. The Kier molecular flexibility index (Phi) is 9.65. The summed E-state index contributed by atoms with van der Waals surface area (Å²) in [6.45, 7) is 6.48. The number of nitrogens with one attached hydrogen (secondary N) is 2. The Morgan fingerprint density at radius 1 is 1.15 bits per heavy atom. The quantitative estimate of drug-likeness (QED) is 0.371. The standard InChI is InChI=1S/C18H28F3N5.HI/c1-4-7-23-17(22-2)24-13-14-12-15(18(19,20)21)5-6-16(14)26-10-8-25(3)9-11-26;/h5-6,12H,4,7-11,13H2,1-3H3,(H2,22,23,24);1H. The molecule has 1 aliphatic heterocycles. The largest absolute Gasteiger partial charge is 0.416 e. The predicted octanol–water partition coefficient (Wildman–Crippen LogP) is 3.15. The lowest BCUT2D eigenvalue weighted by Crippen LogP contribution is -2.45. The van der Waals surface area contributed by atoms with E-state index in [1.165, 1.54) is 12.1 Å². The van der Waals surface area contributed by atoms with Gasteiger partial charge >= 0.3 is 6.18 Å². The lowest BCUT2D eigenvalue weighted by atomic mass is 10.1. The van der Waals surface area contributed by atoms with Crippen molar-refractivity contribution in [2.75, 3.05) is 51.7 Å². The van der Waals surface area contributed by atoms with Crippen LogP contribution in [0.25, 0.3) is 0 Å². The number of likely N-dealkylation sites (N-methyl/N-ethyl adjacent to an activating group) is 1. The summed E-state index contributed by atoms with van der Waals surface area (Å²) in [5.41, 5.74) is 0.858. The molecule has 154 valence electrons. The molecule has 1 aromatic carbocycles. The first-order valence-electron chi connectivity index (χ1n) is 8.93. The van der Waals surface area contributed by atoms with Crippen LogP contribution in [0.4, 0.5) is 18.9 Å². The maximum atomic E-state index is 13.1. The second kappa shape index (κ2) is 10.9. The molecule has 0 aliphatic carbocycles. The molecule has 0 atom stereocenters. The molecule has 0 saturated carbocycles. The summed E-state index contributed by atoms with van der Waals surface area (Å²) in [5.74, 6) is 0.591. The fraction of sp³-hybridized carbons (Fsp3) is 0.611. The minimum Gasteiger partial charge on any atom is -0.369 e. The van der Waals surface area contributed by atoms with Crippen molar-refractivity contribution < 1.29 is 13.2 Å². The average molecular weight is 499 g/mol. The minimum atomic E-state index is -4.35. The molecule has 1 saturated heterocycles. The molecule has 0 aromatic heterocycles. The number of halogens is 4. The fourth-order valence-corrected chi connectivity index (χ4v) is 2.90. The third kappa shape index (κ3) is 7.02. The molecule has 0 bridgehead atoms. The Hall–Kier alpha value is -1.23. The Morgan fingerprint density at radius 3 is 2.37 bits per heavy atom. The van der Waals surface area contributed by atoms with Crippen LogP contribution in [0.3, 0.4) is 0 Å². The van der Waals surface area contributed by atoms with E-state index in [9.17, 15) is 13.2 Å². The third-order valence-corrected chi connectivity index (χ3v) is 4.46. The zero-order chi connectivity index (χ0) is 19.2. The van der Waals surface area contributed by atoms with E-state index in [4.69, 9.17) is 0 Å². The molecule has 0 spiro atoms. The normalized spacial score (nSPS) is 16.1. The summed E-state index contributed by atoms with van der Waals surface area (Å²) in [6.07, 6.45) is -3.41. The van der Waals surface area contributed by atoms with Gasteiger partial charge in [-0.3, -0.25) is 4.99 Å². The second-order valence-electron chi connectivity index (χ2n) is 6.48. The van der Waals surface area contributed by atoms with Crippen molar-refractivity contribution in [3.8, 4) is 0 Å². The summed E-state index contributed by atoms with van der Waals surface area (Å²) >= 11 is 0. The van der Waals surface area contributed by atoms with Crippen molar-refractivity contribution in [3.63, 3.8) is 0 Å². The van der Waals surface area contributed by atoms with Crippen LogP contribution in [0.2, 0.25) is 0 Å². The van der Waals surface area contributed by atoms with Crippen LogP contribution >= 0.6 is 24.0 Å². The molecular weight excluding hydrogens is 470 g/mol. The zero-order valence-corrected chi connectivity index (χ0v) is 18.4. The highest BCUT2D eigenvalue weighted by Gasteiger charge is 2.31. The minimum absolute atomic E-state index is 0. The third-order valence-electron chi connectivity index (χ3n) is 4.46. The Morgan fingerprint density at radius 2 is 1.81 bits per heavy atom.